The summed E-state index contributed by atoms with van der Waals surface area (Å²) < 4.78 is 77.6. The standard InChI is InChI=1S/C12H11F6NO2/c13-11(14,15)6-21-10(20)9(19)5-7-3-1-2-4-8(7)12(16,17)18/h1-4,9H,5-6,19H2/t9-/m0/s1. The molecule has 0 aromatic heterocycles. The van der Waals surface area contributed by atoms with E-state index in [9.17, 15) is 31.1 Å². The zero-order chi connectivity index (χ0) is 16.3. The van der Waals surface area contributed by atoms with Gasteiger partial charge in [-0.3, -0.25) is 4.79 Å². The lowest BCUT2D eigenvalue weighted by Crippen LogP contribution is -2.36. The van der Waals surface area contributed by atoms with Crippen molar-refractivity contribution in [1.29, 1.82) is 0 Å². The van der Waals surface area contributed by atoms with E-state index in [1.165, 1.54) is 6.07 Å². The first-order valence-corrected chi connectivity index (χ1v) is 5.65. The number of ether oxygens (including phenoxy) is 1. The minimum absolute atomic E-state index is 0.290. The van der Waals surface area contributed by atoms with E-state index < -0.39 is 43.0 Å². The second kappa shape index (κ2) is 6.33. The largest absolute Gasteiger partial charge is 0.455 e. The SMILES string of the molecule is N[C@@H](Cc1ccccc1C(F)(F)F)C(=O)OCC(F)(F)F. The van der Waals surface area contributed by atoms with Crippen LogP contribution in [0.2, 0.25) is 0 Å². The molecule has 0 bridgehead atoms. The fourth-order valence-electron chi connectivity index (χ4n) is 1.56. The summed E-state index contributed by atoms with van der Waals surface area (Å²) in [7, 11) is 0. The Bertz CT molecular complexity index is 497. The van der Waals surface area contributed by atoms with E-state index in [1.54, 1.807) is 0 Å². The molecule has 0 saturated heterocycles. The van der Waals surface area contributed by atoms with Gasteiger partial charge in [0.25, 0.3) is 0 Å². The second-order valence-corrected chi connectivity index (χ2v) is 4.19. The van der Waals surface area contributed by atoms with Gasteiger partial charge in [0.15, 0.2) is 6.61 Å². The van der Waals surface area contributed by atoms with Crippen molar-refractivity contribution in [3.05, 3.63) is 35.4 Å². The van der Waals surface area contributed by atoms with Gasteiger partial charge in [-0.1, -0.05) is 18.2 Å². The maximum absolute atomic E-state index is 12.7. The van der Waals surface area contributed by atoms with Crippen molar-refractivity contribution in [2.75, 3.05) is 6.61 Å². The predicted molar refractivity (Wildman–Crippen MR) is 60.1 cm³/mol. The molecular formula is C12H11F6NO2. The van der Waals surface area contributed by atoms with Crippen molar-refractivity contribution >= 4 is 5.97 Å². The van der Waals surface area contributed by atoms with E-state index in [2.05, 4.69) is 4.74 Å². The van der Waals surface area contributed by atoms with Crippen LogP contribution >= 0.6 is 0 Å². The van der Waals surface area contributed by atoms with Gasteiger partial charge in [0, 0.05) is 0 Å². The second-order valence-electron chi connectivity index (χ2n) is 4.19. The van der Waals surface area contributed by atoms with Gasteiger partial charge in [0.2, 0.25) is 0 Å². The molecule has 0 radical (unpaired) electrons. The molecule has 0 heterocycles. The first-order valence-electron chi connectivity index (χ1n) is 5.65. The number of esters is 1. The molecule has 21 heavy (non-hydrogen) atoms. The summed E-state index contributed by atoms with van der Waals surface area (Å²) in [4.78, 5) is 11.2. The molecule has 9 heteroatoms. The first-order chi connectivity index (χ1) is 9.50. The molecule has 0 saturated carbocycles. The fraction of sp³-hybridized carbons (Fsp3) is 0.417. The Morgan fingerprint density at radius 2 is 1.71 bits per heavy atom. The number of hydrogen-bond acceptors (Lipinski definition) is 3. The van der Waals surface area contributed by atoms with Gasteiger partial charge in [0.05, 0.1) is 5.56 Å². The lowest BCUT2D eigenvalue weighted by atomic mass is 10.0. The van der Waals surface area contributed by atoms with Crippen LogP contribution in [0.3, 0.4) is 0 Å². The van der Waals surface area contributed by atoms with Gasteiger partial charge >= 0.3 is 18.3 Å². The number of hydrogen-bond donors (Lipinski definition) is 1. The number of halogens is 6. The Morgan fingerprint density at radius 3 is 2.24 bits per heavy atom. The maximum Gasteiger partial charge on any atom is 0.422 e. The van der Waals surface area contributed by atoms with Gasteiger partial charge in [-0.25, -0.2) is 0 Å². The first kappa shape index (κ1) is 17.3. The van der Waals surface area contributed by atoms with E-state index in [4.69, 9.17) is 5.73 Å². The quantitative estimate of drug-likeness (QED) is 0.686. The molecule has 0 fully saturated rings. The van der Waals surface area contributed by atoms with E-state index in [0.29, 0.717) is 0 Å². The third-order valence-electron chi connectivity index (χ3n) is 2.44. The highest BCUT2D eigenvalue weighted by molar-refractivity contribution is 5.76. The van der Waals surface area contributed by atoms with E-state index >= 15 is 0 Å². The van der Waals surface area contributed by atoms with E-state index in [-0.39, 0.29) is 5.56 Å². The van der Waals surface area contributed by atoms with Crippen LogP contribution in [0, 0.1) is 0 Å². The van der Waals surface area contributed by atoms with Crippen LogP contribution in [0.15, 0.2) is 24.3 Å². The average molecular weight is 315 g/mol. The predicted octanol–water partition coefficient (Wildman–Crippen LogP) is 2.68. The molecule has 0 aliphatic heterocycles. The van der Waals surface area contributed by atoms with Crippen LogP contribution in [0.25, 0.3) is 0 Å². The van der Waals surface area contributed by atoms with Crippen LogP contribution in [-0.4, -0.2) is 24.8 Å². The van der Waals surface area contributed by atoms with Crippen molar-refractivity contribution in [3.63, 3.8) is 0 Å². The Balaban J connectivity index is 2.75. The molecule has 2 N–H and O–H groups in total. The molecule has 0 spiro atoms. The van der Waals surface area contributed by atoms with E-state index in [1.807, 2.05) is 0 Å². The van der Waals surface area contributed by atoms with Crippen LogP contribution in [0.5, 0.6) is 0 Å². The number of nitrogens with two attached hydrogens (primary N) is 1. The number of rotatable bonds is 4. The Kier molecular flexibility index (Phi) is 5.21. The molecule has 0 aliphatic rings. The number of carbonyl (C=O) groups is 1. The highest BCUT2D eigenvalue weighted by Gasteiger charge is 2.34. The van der Waals surface area contributed by atoms with Crippen molar-refractivity contribution in [2.45, 2.75) is 24.8 Å². The minimum atomic E-state index is -4.72. The molecule has 1 aromatic carbocycles. The van der Waals surface area contributed by atoms with Crippen LogP contribution in [-0.2, 0) is 22.1 Å². The maximum atomic E-state index is 12.7. The normalized spacial score (nSPS) is 13.9. The minimum Gasteiger partial charge on any atom is -0.455 e. The Hall–Kier alpha value is -1.77. The number of benzene rings is 1. The lowest BCUT2D eigenvalue weighted by Gasteiger charge is -2.16. The van der Waals surface area contributed by atoms with Crippen LogP contribution < -0.4 is 5.73 Å². The molecule has 1 rings (SSSR count). The molecule has 0 amide bonds. The monoisotopic (exact) mass is 315 g/mol. The summed E-state index contributed by atoms with van der Waals surface area (Å²) in [5.74, 6) is -1.41. The molecule has 0 aliphatic carbocycles. The average Bonchev–Trinajstić information content (AvgIpc) is 2.34. The topological polar surface area (TPSA) is 52.3 Å². The summed E-state index contributed by atoms with van der Waals surface area (Å²) in [6.45, 7) is -1.83. The Labute approximate surface area is 115 Å². The molecule has 1 aromatic rings. The third kappa shape index (κ3) is 5.62. The molecular weight excluding hydrogens is 304 g/mol. The Morgan fingerprint density at radius 1 is 1.14 bits per heavy atom. The molecule has 3 nitrogen and oxygen atoms in total. The van der Waals surface area contributed by atoms with Gasteiger partial charge in [-0.05, 0) is 18.1 Å². The van der Waals surface area contributed by atoms with Crippen LogP contribution in [0.4, 0.5) is 26.3 Å². The summed E-state index contributed by atoms with van der Waals surface area (Å²) in [5.41, 5.74) is 3.99. The zero-order valence-electron chi connectivity index (χ0n) is 10.5. The summed E-state index contributed by atoms with van der Waals surface area (Å²) in [6.07, 6.45) is -9.95. The smallest absolute Gasteiger partial charge is 0.422 e. The van der Waals surface area contributed by atoms with Crippen molar-refractivity contribution in [2.24, 2.45) is 5.73 Å². The van der Waals surface area contributed by atoms with Gasteiger partial charge in [-0.15, -0.1) is 0 Å². The zero-order valence-corrected chi connectivity index (χ0v) is 10.5. The van der Waals surface area contributed by atoms with Crippen LogP contribution in [0.1, 0.15) is 11.1 Å². The lowest BCUT2D eigenvalue weighted by molar-refractivity contribution is -0.187. The van der Waals surface area contributed by atoms with Gasteiger partial charge < -0.3 is 10.5 Å². The highest BCUT2D eigenvalue weighted by Crippen LogP contribution is 2.32. The van der Waals surface area contributed by atoms with Crippen molar-refractivity contribution in [1.82, 2.24) is 0 Å². The highest BCUT2D eigenvalue weighted by atomic mass is 19.4. The number of carbonyl (C=O) groups excluding carboxylic acids is 1. The molecule has 1 atom stereocenters. The number of alkyl halides is 6. The van der Waals surface area contributed by atoms with Crippen molar-refractivity contribution in [3.8, 4) is 0 Å². The third-order valence-corrected chi connectivity index (χ3v) is 2.44. The fourth-order valence-corrected chi connectivity index (χ4v) is 1.56. The van der Waals surface area contributed by atoms with Gasteiger partial charge in [0.1, 0.15) is 6.04 Å². The molecule has 118 valence electrons. The van der Waals surface area contributed by atoms with Crippen molar-refractivity contribution < 1.29 is 35.9 Å². The summed E-state index contributed by atoms with van der Waals surface area (Å²) >= 11 is 0. The molecule has 0 unspecified atom stereocenters. The van der Waals surface area contributed by atoms with E-state index in [0.717, 1.165) is 18.2 Å². The summed E-state index contributed by atoms with van der Waals surface area (Å²) in [6, 6.07) is 2.73. The van der Waals surface area contributed by atoms with Gasteiger partial charge in [-0.2, -0.15) is 26.3 Å². The summed E-state index contributed by atoms with van der Waals surface area (Å²) in [5, 5.41) is 0.